The summed E-state index contributed by atoms with van der Waals surface area (Å²) in [5.41, 5.74) is -0.373. The minimum atomic E-state index is -1.38. The molecule has 26 heavy (non-hydrogen) atoms. The molecule has 154 valence electrons. The summed E-state index contributed by atoms with van der Waals surface area (Å²) in [4.78, 5) is 0. The highest BCUT2D eigenvalue weighted by Gasteiger charge is 2.70. The van der Waals surface area contributed by atoms with E-state index in [0.29, 0.717) is 6.61 Å². The number of hydrogen-bond acceptors (Lipinski definition) is 6. The van der Waals surface area contributed by atoms with E-state index in [4.69, 9.17) is 9.47 Å². The highest BCUT2D eigenvalue weighted by Crippen LogP contribution is 2.57. The molecule has 4 N–H and O–H groups in total. The summed E-state index contributed by atoms with van der Waals surface area (Å²) in [6.07, 6.45) is 5.72. The monoisotopic (exact) mass is 374 g/mol. The zero-order valence-corrected chi connectivity index (χ0v) is 16.4. The second kappa shape index (κ2) is 9.80. The lowest BCUT2D eigenvalue weighted by molar-refractivity contribution is -0.469. The number of unbranched alkanes of at least 4 members (excludes halogenated alkanes) is 6. The molecule has 2 fully saturated rings. The summed E-state index contributed by atoms with van der Waals surface area (Å²) in [7, 11) is 0. The molecule has 6 heteroatoms. The Labute approximate surface area is 157 Å². The Morgan fingerprint density at radius 2 is 1.42 bits per heavy atom. The molecule has 2 rings (SSSR count). The third kappa shape index (κ3) is 4.10. The van der Waals surface area contributed by atoms with Crippen LogP contribution in [0.15, 0.2) is 0 Å². The highest BCUT2D eigenvalue weighted by atomic mass is 16.7. The van der Waals surface area contributed by atoms with Gasteiger partial charge in [0.05, 0.1) is 18.6 Å². The van der Waals surface area contributed by atoms with Crippen molar-refractivity contribution in [3.63, 3.8) is 0 Å². The molecule has 6 unspecified atom stereocenters. The van der Waals surface area contributed by atoms with Crippen LogP contribution in [-0.4, -0.2) is 63.8 Å². The standard InChI is InChI=1S/C20H38O6/c1-3-5-7-8-10-12-19(11-9-6-4-2)14-25-20(19)18(24)17(23)16(22)15(13-21)26-20/h15-18,21-24H,3-14H2,1-2H3. The Kier molecular flexibility index (Phi) is 8.32. The summed E-state index contributed by atoms with van der Waals surface area (Å²) in [6.45, 7) is 4.41. The van der Waals surface area contributed by atoms with Crippen LogP contribution in [0.3, 0.4) is 0 Å². The van der Waals surface area contributed by atoms with Crippen LogP contribution in [0.25, 0.3) is 0 Å². The molecule has 0 aliphatic carbocycles. The van der Waals surface area contributed by atoms with E-state index < -0.39 is 36.8 Å². The van der Waals surface area contributed by atoms with Crippen molar-refractivity contribution in [1.82, 2.24) is 0 Å². The lowest BCUT2D eigenvalue weighted by Crippen LogP contribution is -2.78. The molecule has 2 aliphatic heterocycles. The van der Waals surface area contributed by atoms with E-state index in [1.807, 2.05) is 0 Å². The predicted octanol–water partition coefficient (Wildman–Crippen LogP) is 2.11. The zero-order valence-electron chi connectivity index (χ0n) is 16.4. The Morgan fingerprint density at radius 3 is 1.96 bits per heavy atom. The zero-order chi connectivity index (χ0) is 19.2. The summed E-state index contributed by atoms with van der Waals surface area (Å²) >= 11 is 0. The van der Waals surface area contributed by atoms with Gasteiger partial charge in [-0.15, -0.1) is 0 Å². The molecule has 6 atom stereocenters. The van der Waals surface area contributed by atoms with Crippen molar-refractivity contribution in [2.24, 2.45) is 5.41 Å². The maximum Gasteiger partial charge on any atom is 0.205 e. The minimum absolute atomic E-state index is 0.373. The normalized spacial score (nSPS) is 39.9. The van der Waals surface area contributed by atoms with Crippen LogP contribution < -0.4 is 0 Å². The largest absolute Gasteiger partial charge is 0.394 e. The first-order chi connectivity index (χ1) is 12.5. The molecule has 0 bridgehead atoms. The smallest absolute Gasteiger partial charge is 0.205 e. The van der Waals surface area contributed by atoms with Gasteiger partial charge in [0.15, 0.2) is 0 Å². The fourth-order valence-corrected chi connectivity index (χ4v) is 4.52. The van der Waals surface area contributed by atoms with Crippen molar-refractivity contribution in [2.75, 3.05) is 13.2 Å². The first-order valence-electron chi connectivity index (χ1n) is 10.4. The van der Waals surface area contributed by atoms with Crippen LogP contribution in [-0.2, 0) is 9.47 Å². The van der Waals surface area contributed by atoms with Gasteiger partial charge >= 0.3 is 0 Å². The topological polar surface area (TPSA) is 99.4 Å². The molecule has 0 amide bonds. The molecule has 0 radical (unpaired) electrons. The van der Waals surface area contributed by atoms with Crippen molar-refractivity contribution in [2.45, 2.75) is 108 Å². The SMILES string of the molecule is CCCCCCCC1(CCCCC)COC12OC(CO)C(O)C(O)C2O. The van der Waals surface area contributed by atoms with E-state index in [-0.39, 0.29) is 5.41 Å². The highest BCUT2D eigenvalue weighted by molar-refractivity contribution is 5.11. The van der Waals surface area contributed by atoms with Crippen LogP contribution >= 0.6 is 0 Å². The summed E-state index contributed by atoms with van der Waals surface area (Å²) in [5.74, 6) is -1.32. The summed E-state index contributed by atoms with van der Waals surface area (Å²) in [6, 6.07) is 0. The summed E-state index contributed by atoms with van der Waals surface area (Å²) in [5, 5.41) is 40.7. The Morgan fingerprint density at radius 1 is 0.846 bits per heavy atom. The number of ether oxygens (including phenoxy) is 2. The second-order valence-corrected chi connectivity index (χ2v) is 8.12. The van der Waals surface area contributed by atoms with Gasteiger partial charge in [0.2, 0.25) is 5.79 Å². The van der Waals surface area contributed by atoms with E-state index in [9.17, 15) is 20.4 Å². The number of hydrogen-bond donors (Lipinski definition) is 4. The molecule has 0 saturated carbocycles. The van der Waals surface area contributed by atoms with E-state index >= 15 is 0 Å². The molecular weight excluding hydrogens is 336 g/mol. The molecule has 0 aromatic heterocycles. The first-order valence-corrected chi connectivity index (χ1v) is 10.4. The molecule has 2 aliphatic rings. The average Bonchev–Trinajstić information content (AvgIpc) is 2.64. The van der Waals surface area contributed by atoms with Crippen LogP contribution in [0, 0.1) is 5.41 Å². The van der Waals surface area contributed by atoms with E-state index in [0.717, 1.165) is 44.9 Å². The lowest BCUT2D eigenvalue weighted by Gasteiger charge is -2.64. The average molecular weight is 375 g/mol. The van der Waals surface area contributed by atoms with E-state index in [1.54, 1.807) is 0 Å². The van der Waals surface area contributed by atoms with Crippen molar-refractivity contribution in [3.05, 3.63) is 0 Å². The van der Waals surface area contributed by atoms with Crippen molar-refractivity contribution >= 4 is 0 Å². The minimum Gasteiger partial charge on any atom is -0.394 e. The fraction of sp³-hybridized carbons (Fsp3) is 1.00. The Balaban J connectivity index is 2.14. The van der Waals surface area contributed by atoms with Crippen molar-refractivity contribution in [3.8, 4) is 0 Å². The third-order valence-corrected chi connectivity index (χ3v) is 6.27. The van der Waals surface area contributed by atoms with Gasteiger partial charge in [-0.25, -0.2) is 0 Å². The fourth-order valence-electron chi connectivity index (χ4n) is 4.52. The van der Waals surface area contributed by atoms with Crippen LogP contribution in [0.2, 0.25) is 0 Å². The molecule has 2 heterocycles. The number of aliphatic hydroxyl groups is 4. The van der Waals surface area contributed by atoms with Crippen molar-refractivity contribution < 1.29 is 29.9 Å². The molecule has 0 aromatic carbocycles. The van der Waals surface area contributed by atoms with Crippen LogP contribution in [0.4, 0.5) is 0 Å². The van der Waals surface area contributed by atoms with Gasteiger partial charge in [-0.05, 0) is 12.8 Å². The Hall–Kier alpha value is -0.240. The third-order valence-electron chi connectivity index (χ3n) is 6.27. The molecular formula is C20H38O6. The molecule has 1 spiro atoms. The van der Waals surface area contributed by atoms with E-state index in [2.05, 4.69) is 13.8 Å². The second-order valence-electron chi connectivity index (χ2n) is 8.12. The van der Waals surface area contributed by atoms with Gasteiger partial charge in [0, 0.05) is 0 Å². The van der Waals surface area contributed by atoms with Gasteiger partial charge in [0.1, 0.15) is 24.4 Å². The van der Waals surface area contributed by atoms with Crippen LogP contribution in [0.1, 0.15) is 78.1 Å². The summed E-state index contributed by atoms with van der Waals surface area (Å²) < 4.78 is 11.7. The van der Waals surface area contributed by atoms with Gasteiger partial charge in [-0.1, -0.05) is 65.2 Å². The maximum atomic E-state index is 10.7. The quantitative estimate of drug-likeness (QED) is 0.414. The van der Waals surface area contributed by atoms with Gasteiger partial charge < -0.3 is 29.9 Å². The lowest BCUT2D eigenvalue weighted by atomic mass is 9.63. The van der Waals surface area contributed by atoms with Crippen molar-refractivity contribution in [1.29, 1.82) is 0 Å². The molecule has 0 aromatic rings. The van der Waals surface area contributed by atoms with E-state index in [1.165, 1.54) is 19.3 Å². The van der Waals surface area contributed by atoms with Gasteiger partial charge in [-0.2, -0.15) is 0 Å². The number of rotatable bonds is 11. The predicted molar refractivity (Wildman–Crippen MR) is 98.6 cm³/mol. The Bertz CT molecular complexity index is 417. The maximum absolute atomic E-state index is 10.7. The number of aliphatic hydroxyl groups excluding tert-OH is 4. The van der Waals surface area contributed by atoms with Gasteiger partial charge in [-0.3, -0.25) is 0 Å². The van der Waals surface area contributed by atoms with Gasteiger partial charge in [0.25, 0.3) is 0 Å². The molecule has 6 nitrogen and oxygen atoms in total. The van der Waals surface area contributed by atoms with Crippen LogP contribution in [0.5, 0.6) is 0 Å². The first kappa shape index (κ1) is 22.1. The molecule has 2 saturated heterocycles.